The number of anilines is 2. The van der Waals surface area contributed by atoms with Gasteiger partial charge in [0.05, 0.1) is 11.4 Å². The third-order valence-electron chi connectivity index (χ3n) is 5.20. The first-order valence-electron chi connectivity index (χ1n) is 8.03. The van der Waals surface area contributed by atoms with Crippen LogP contribution < -0.4 is 11.1 Å². The first kappa shape index (κ1) is 14.2. The Labute approximate surface area is 125 Å². The standard InChI is InChI=1S/C17H24N2O2/c18-15-10-14(20)7-8-16(15)19-17(21)13-6-5-11-3-1-2-4-12(11)9-13/h7-8,10-13,20H,1-6,9,18H2,(H,19,21). The highest BCUT2D eigenvalue weighted by Gasteiger charge is 2.35. The number of rotatable bonds is 2. The number of benzene rings is 1. The number of nitrogens with one attached hydrogen (secondary N) is 1. The molecule has 0 aromatic heterocycles. The maximum absolute atomic E-state index is 12.4. The predicted molar refractivity (Wildman–Crippen MR) is 83.9 cm³/mol. The molecule has 0 aliphatic heterocycles. The molecule has 4 heteroatoms. The molecule has 0 spiro atoms. The maximum atomic E-state index is 12.4. The summed E-state index contributed by atoms with van der Waals surface area (Å²) in [5.74, 6) is 1.89. The van der Waals surface area contributed by atoms with E-state index in [9.17, 15) is 9.90 Å². The van der Waals surface area contributed by atoms with Crippen molar-refractivity contribution in [2.45, 2.75) is 44.9 Å². The van der Waals surface area contributed by atoms with E-state index in [0.717, 1.165) is 24.7 Å². The fourth-order valence-corrected chi connectivity index (χ4v) is 4.01. The highest BCUT2D eigenvalue weighted by Crippen LogP contribution is 2.43. The van der Waals surface area contributed by atoms with E-state index >= 15 is 0 Å². The number of carbonyl (C=O) groups is 1. The largest absolute Gasteiger partial charge is 0.508 e. The van der Waals surface area contributed by atoms with Crippen LogP contribution in [0.25, 0.3) is 0 Å². The van der Waals surface area contributed by atoms with Crippen molar-refractivity contribution in [3.05, 3.63) is 18.2 Å². The summed E-state index contributed by atoms with van der Waals surface area (Å²) in [6.07, 6.45) is 8.52. The molecule has 3 unspecified atom stereocenters. The van der Waals surface area contributed by atoms with Crippen molar-refractivity contribution in [1.29, 1.82) is 0 Å². The number of phenols is 1. The third-order valence-corrected chi connectivity index (χ3v) is 5.20. The van der Waals surface area contributed by atoms with Crippen molar-refractivity contribution >= 4 is 17.3 Å². The Morgan fingerprint density at radius 2 is 1.90 bits per heavy atom. The van der Waals surface area contributed by atoms with Crippen LogP contribution in [0.2, 0.25) is 0 Å². The first-order valence-corrected chi connectivity index (χ1v) is 8.03. The summed E-state index contributed by atoms with van der Waals surface area (Å²) in [6, 6.07) is 4.67. The molecule has 114 valence electrons. The Balaban J connectivity index is 1.63. The van der Waals surface area contributed by atoms with Crippen LogP contribution in [-0.4, -0.2) is 11.0 Å². The second-order valence-corrected chi connectivity index (χ2v) is 6.58. The summed E-state index contributed by atoms with van der Waals surface area (Å²) in [5, 5.41) is 12.3. The Hall–Kier alpha value is -1.71. The van der Waals surface area contributed by atoms with Crippen LogP contribution >= 0.6 is 0 Å². The van der Waals surface area contributed by atoms with Gasteiger partial charge >= 0.3 is 0 Å². The smallest absolute Gasteiger partial charge is 0.227 e. The minimum atomic E-state index is 0.0800. The number of hydrogen-bond donors (Lipinski definition) is 3. The summed E-state index contributed by atoms with van der Waals surface area (Å²) >= 11 is 0. The van der Waals surface area contributed by atoms with E-state index in [1.807, 2.05) is 0 Å². The number of nitrogen functional groups attached to an aromatic ring is 1. The highest BCUT2D eigenvalue weighted by molar-refractivity contribution is 5.95. The molecule has 4 nitrogen and oxygen atoms in total. The van der Waals surface area contributed by atoms with E-state index in [2.05, 4.69) is 5.32 Å². The first-order chi connectivity index (χ1) is 10.1. The van der Waals surface area contributed by atoms with Gasteiger partial charge < -0.3 is 16.2 Å². The molecular weight excluding hydrogens is 264 g/mol. The minimum absolute atomic E-state index is 0.0800. The lowest BCUT2D eigenvalue weighted by atomic mass is 9.67. The fraction of sp³-hybridized carbons (Fsp3) is 0.588. The number of phenolic OH excluding ortho intramolecular Hbond substituents is 1. The molecule has 21 heavy (non-hydrogen) atoms. The molecule has 0 radical (unpaired) electrons. The zero-order valence-corrected chi connectivity index (χ0v) is 12.3. The van der Waals surface area contributed by atoms with Crippen LogP contribution in [0.3, 0.4) is 0 Å². The van der Waals surface area contributed by atoms with Crippen LogP contribution in [0.4, 0.5) is 11.4 Å². The van der Waals surface area contributed by atoms with E-state index in [0.29, 0.717) is 11.4 Å². The van der Waals surface area contributed by atoms with Gasteiger partial charge in [0.2, 0.25) is 5.91 Å². The molecule has 2 saturated carbocycles. The number of aromatic hydroxyl groups is 1. The number of hydrogen-bond acceptors (Lipinski definition) is 3. The summed E-state index contributed by atoms with van der Waals surface area (Å²) in [4.78, 5) is 12.4. The average Bonchev–Trinajstić information content (AvgIpc) is 2.49. The van der Waals surface area contributed by atoms with Crippen molar-refractivity contribution in [2.75, 3.05) is 11.1 Å². The van der Waals surface area contributed by atoms with Crippen molar-refractivity contribution in [3.63, 3.8) is 0 Å². The number of amides is 1. The predicted octanol–water partition coefficient (Wildman–Crippen LogP) is 3.52. The lowest BCUT2D eigenvalue weighted by Crippen LogP contribution is -2.34. The molecule has 4 N–H and O–H groups in total. The van der Waals surface area contributed by atoms with E-state index in [4.69, 9.17) is 5.73 Å². The van der Waals surface area contributed by atoms with Gasteiger partial charge in [0, 0.05) is 12.0 Å². The van der Waals surface area contributed by atoms with Crippen LogP contribution in [0.1, 0.15) is 44.9 Å². The van der Waals surface area contributed by atoms with Gasteiger partial charge in [-0.05, 0) is 43.2 Å². The lowest BCUT2D eigenvalue weighted by molar-refractivity contribution is -0.122. The summed E-state index contributed by atoms with van der Waals surface area (Å²) in [7, 11) is 0. The number of nitrogens with two attached hydrogens (primary N) is 1. The van der Waals surface area contributed by atoms with Gasteiger partial charge in [0.15, 0.2) is 0 Å². The third kappa shape index (κ3) is 3.14. The van der Waals surface area contributed by atoms with Crippen LogP contribution in [0.15, 0.2) is 18.2 Å². The normalized spacial score (nSPS) is 28.7. The van der Waals surface area contributed by atoms with E-state index in [-0.39, 0.29) is 17.6 Å². The van der Waals surface area contributed by atoms with Crippen molar-refractivity contribution in [3.8, 4) is 5.75 Å². The zero-order chi connectivity index (χ0) is 14.8. The Kier molecular flexibility index (Phi) is 4.04. The van der Waals surface area contributed by atoms with Gasteiger partial charge in [0.25, 0.3) is 0 Å². The summed E-state index contributed by atoms with van der Waals surface area (Å²) in [6.45, 7) is 0. The van der Waals surface area contributed by atoms with Crippen LogP contribution in [0, 0.1) is 17.8 Å². The van der Waals surface area contributed by atoms with Crippen molar-refractivity contribution in [2.24, 2.45) is 17.8 Å². The van der Waals surface area contributed by atoms with Gasteiger partial charge in [0.1, 0.15) is 5.75 Å². The summed E-state index contributed by atoms with van der Waals surface area (Å²) < 4.78 is 0. The molecule has 2 aliphatic carbocycles. The lowest BCUT2D eigenvalue weighted by Gasteiger charge is -2.38. The molecule has 1 aromatic rings. The molecule has 0 bridgehead atoms. The zero-order valence-electron chi connectivity index (χ0n) is 12.3. The van der Waals surface area contributed by atoms with Crippen molar-refractivity contribution in [1.82, 2.24) is 0 Å². The SMILES string of the molecule is Nc1cc(O)ccc1NC(=O)C1CCC2CCCCC2C1. The molecule has 3 atom stereocenters. The van der Waals surface area contributed by atoms with Gasteiger partial charge in [-0.25, -0.2) is 0 Å². The van der Waals surface area contributed by atoms with Gasteiger partial charge in [-0.3, -0.25) is 4.79 Å². The molecule has 0 saturated heterocycles. The molecule has 1 aromatic carbocycles. The average molecular weight is 288 g/mol. The van der Waals surface area contributed by atoms with E-state index in [1.54, 1.807) is 12.1 Å². The minimum Gasteiger partial charge on any atom is -0.508 e. The number of fused-ring (bicyclic) bond motifs is 1. The molecule has 2 aliphatic rings. The molecule has 3 rings (SSSR count). The topological polar surface area (TPSA) is 75.3 Å². The van der Waals surface area contributed by atoms with E-state index < -0.39 is 0 Å². The second-order valence-electron chi connectivity index (χ2n) is 6.58. The maximum Gasteiger partial charge on any atom is 0.227 e. The molecular formula is C17H24N2O2. The molecule has 0 heterocycles. The quantitative estimate of drug-likeness (QED) is 0.575. The molecule has 1 amide bonds. The molecule has 2 fully saturated rings. The Morgan fingerprint density at radius 1 is 1.14 bits per heavy atom. The monoisotopic (exact) mass is 288 g/mol. The Morgan fingerprint density at radius 3 is 2.67 bits per heavy atom. The van der Waals surface area contributed by atoms with Gasteiger partial charge in [-0.2, -0.15) is 0 Å². The van der Waals surface area contributed by atoms with Crippen molar-refractivity contribution < 1.29 is 9.90 Å². The number of carbonyl (C=O) groups excluding carboxylic acids is 1. The van der Waals surface area contributed by atoms with E-state index in [1.165, 1.54) is 38.2 Å². The fourth-order valence-electron chi connectivity index (χ4n) is 4.01. The Bertz CT molecular complexity index is 530. The van der Waals surface area contributed by atoms with Crippen LogP contribution in [-0.2, 0) is 4.79 Å². The summed E-state index contributed by atoms with van der Waals surface area (Å²) in [5.41, 5.74) is 6.84. The second kappa shape index (κ2) is 5.96. The van der Waals surface area contributed by atoms with Crippen LogP contribution in [0.5, 0.6) is 5.75 Å². The highest BCUT2D eigenvalue weighted by atomic mass is 16.3. The van der Waals surface area contributed by atoms with Gasteiger partial charge in [-0.1, -0.05) is 25.7 Å². The van der Waals surface area contributed by atoms with Gasteiger partial charge in [-0.15, -0.1) is 0 Å².